The molecule has 2 aromatic rings. The first-order chi connectivity index (χ1) is 10.8. The molecule has 0 saturated heterocycles. The fourth-order valence-corrected chi connectivity index (χ4v) is 1.90. The Hall–Kier alpha value is -2.70. The number of guanidine groups is 1. The molecule has 2 aromatic carbocycles. The minimum absolute atomic E-state index is 0.124. The number of rotatable bonds is 5. The second kappa shape index (κ2) is 7.04. The third kappa shape index (κ3) is 5.21. The summed E-state index contributed by atoms with van der Waals surface area (Å²) in [6.07, 6.45) is -4.34. The van der Waals surface area contributed by atoms with Crippen molar-refractivity contribution in [1.29, 1.82) is 5.41 Å². The number of hydrogen-bond donors (Lipinski definition) is 3. The molecule has 7 heteroatoms. The highest BCUT2D eigenvalue weighted by atomic mass is 19.4. The van der Waals surface area contributed by atoms with Crippen LogP contribution in [0.3, 0.4) is 0 Å². The molecule has 23 heavy (non-hydrogen) atoms. The number of benzene rings is 2. The second-order valence-electron chi connectivity index (χ2n) is 4.90. The highest BCUT2D eigenvalue weighted by molar-refractivity contribution is 5.74. The van der Waals surface area contributed by atoms with Gasteiger partial charge in [-0.3, -0.25) is 5.41 Å². The highest BCUT2D eigenvalue weighted by Crippen LogP contribution is 2.29. The van der Waals surface area contributed by atoms with E-state index in [9.17, 15) is 13.2 Å². The summed E-state index contributed by atoms with van der Waals surface area (Å²) in [5, 5.41) is 9.79. The Bertz CT molecular complexity index is 669. The van der Waals surface area contributed by atoms with Crippen LogP contribution in [-0.4, -0.2) is 5.96 Å². The van der Waals surface area contributed by atoms with E-state index in [-0.39, 0.29) is 12.6 Å². The van der Waals surface area contributed by atoms with Crippen LogP contribution in [0, 0.1) is 5.41 Å². The average molecular weight is 323 g/mol. The maximum Gasteiger partial charge on any atom is 0.416 e. The Morgan fingerprint density at radius 1 is 1.09 bits per heavy atom. The van der Waals surface area contributed by atoms with Crippen LogP contribution >= 0.6 is 0 Å². The number of halogens is 3. The maximum atomic E-state index is 12.5. The predicted molar refractivity (Wildman–Crippen MR) is 81.0 cm³/mol. The lowest BCUT2D eigenvalue weighted by Crippen LogP contribution is -2.29. The van der Waals surface area contributed by atoms with E-state index in [4.69, 9.17) is 15.9 Å². The minimum Gasteiger partial charge on any atom is -0.489 e. The van der Waals surface area contributed by atoms with E-state index in [2.05, 4.69) is 5.32 Å². The lowest BCUT2D eigenvalue weighted by Gasteiger charge is -2.10. The van der Waals surface area contributed by atoms with Crippen LogP contribution in [0.4, 0.5) is 13.2 Å². The Kier molecular flexibility index (Phi) is 5.10. The molecule has 4 nitrogen and oxygen atoms in total. The zero-order valence-corrected chi connectivity index (χ0v) is 12.2. The van der Waals surface area contributed by atoms with Gasteiger partial charge in [0.1, 0.15) is 12.4 Å². The molecule has 122 valence electrons. The van der Waals surface area contributed by atoms with Gasteiger partial charge in [-0.1, -0.05) is 24.3 Å². The zero-order chi connectivity index (χ0) is 16.9. The molecule has 0 atom stereocenters. The molecule has 0 aliphatic carbocycles. The summed E-state index contributed by atoms with van der Waals surface area (Å²) in [4.78, 5) is 0. The van der Waals surface area contributed by atoms with Gasteiger partial charge in [-0.05, 0) is 35.4 Å². The van der Waals surface area contributed by atoms with Crippen molar-refractivity contribution in [3.8, 4) is 5.75 Å². The molecular weight excluding hydrogens is 307 g/mol. The van der Waals surface area contributed by atoms with E-state index in [0.717, 1.165) is 17.7 Å². The van der Waals surface area contributed by atoms with E-state index >= 15 is 0 Å². The summed E-state index contributed by atoms with van der Waals surface area (Å²) in [6.45, 7) is 0.564. The smallest absolute Gasteiger partial charge is 0.416 e. The Morgan fingerprint density at radius 3 is 2.39 bits per heavy atom. The quantitative estimate of drug-likeness (QED) is 0.584. The van der Waals surface area contributed by atoms with Gasteiger partial charge in [0.15, 0.2) is 5.96 Å². The number of ether oxygens (including phenoxy) is 1. The minimum atomic E-state index is -4.34. The van der Waals surface area contributed by atoms with E-state index in [1.807, 2.05) is 6.07 Å². The molecular formula is C16H16F3N3O. The molecule has 4 N–H and O–H groups in total. The molecule has 0 fully saturated rings. The normalized spacial score (nSPS) is 11.1. The molecule has 0 heterocycles. The Balaban J connectivity index is 1.95. The summed E-state index contributed by atoms with van der Waals surface area (Å²) in [6, 6.07) is 12.0. The molecule has 0 unspecified atom stereocenters. The van der Waals surface area contributed by atoms with Crippen molar-refractivity contribution in [1.82, 2.24) is 5.32 Å². The highest BCUT2D eigenvalue weighted by Gasteiger charge is 2.29. The first-order valence-corrected chi connectivity index (χ1v) is 6.80. The summed E-state index contributed by atoms with van der Waals surface area (Å²) < 4.78 is 43.0. The lowest BCUT2D eigenvalue weighted by molar-refractivity contribution is -0.137. The fourth-order valence-electron chi connectivity index (χ4n) is 1.90. The van der Waals surface area contributed by atoms with Gasteiger partial charge in [0.05, 0.1) is 5.56 Å². The first kappa shape index (κ1) is 16.7. The average Bonchev–Trinajstić information content (AvgIpc) is 2.51. The van der Waals surface area contributed by atoms with Gasteiger partial charge >= 0.3 is 6.18 Å². The molecule has 0 radical (unpaired) electrons. The first-order valence-electron chi connectivity index (χ1n) is 6.80. The molecule has 0 aliphatic heterocycles. The van der Waals surface area contributed by atoms with E-state index in [0.29, 0.717) is 17.9 Å². The summed E-state index contributed by atoms with van der Waals surface area (Å²) in [5.41, 5.74) is 6.06. The van der Waals surface area contributed by atoms with E-state index in [1.54, 1.807) is 18.2 Å². The largest absolute Gasteiger partial charge is 0.489 e. The topological polar surface area (TPSA) is 71.1 Å². The van der Waals surface area contributed by atoms with Crippen LogP contribution in [0.1, 0.15) is 16.7 Å². The molecule has 0 bridgehead atoms. The second-order valence-corrected chi connectivity index (χ2v) is 4.90. The van der Waals surface area contributed by atoms with Crippen molar-refractivity contribution in [3.05, 3.63) is 65.2 Å². The molecule has 0 saturated carbocycles. The van der Waals surface area contributed by atoms with Gasteiger partial charge in [0.2, 0.25) is 0 Å². The number of nitrogens with two attached hydrogens (primary N) is 1. The fraction of sp³-hybridized carbons (Fsp3) is 0.188. The van der Waals surface area contributed by atoms with E-state index < -0.39 is 11.7 Å². The molecule has 0 aliphatic rings. The maximum absolute atomic E-state index is 12.5. The van der Waals surface area contributed by atoms with Crippen molar-refractivity contribution >= 4 is 5.96 Å². The number of alkyl halides is 3. The molecule has 0 spiro atoms. The van der Waals surface area contributed by atoms with E-state index in [1.165, 1.54) is 12.1 Å². The van der Waals surface area contributed by atoms with Crippen LogP contribution in [0.5, 0.6) is 5.75 Å². The Labute approximate surface area is 131 Å². The molecule has 0 aromatic heterocycles. The van der Waals surface area contributed by atoms with Crippen LogP contribution in [0.2, 0.25) is 0 Å². The zero-order valence-electron chi connectivity index (χ0n) is 12.2. The van der Waals surface area contributed by atoms with Gasteiger partial charge in [-0.25, -0.2) is 0 Å². The summed E-state index contributed by atoms with van der Waals surface area (Å²) in [5.74, 6) is 0.467. The van der Waals surface area contributed by atoms with Gasteiger partial charge in [0, 0.05) is 6.54 Å². The van der Waals surface area contributed by atoms with Gasteiger partial charge in [0.25, 0.3) is 0 Å². The van der Waals surface area contributed by atoms with Gasteiger partial charge in [-0.2, -0.15) is 13.2 Å². The number of nitrogens with one attached hydrogen (secondary N) is 2. The monoisotopic (exact) mass is 323 g/mol. The van der Waals surface area contributed by atoms with Gasteiger partial charge in [-0.15, -0.1) is 0 Å². The van der Waals surface area contributed by atoms with Crippen LogP contribution in [0.15, 0.2) is 48.5 Å². The predicted octanol–water partition coefficient (Wildman–Crippen LogP) is 3.27. The number of hydrogen-bond acceptors (Lipinski definition) is 2. The van der Waals surface area contributed by atoms with Crippen molar-refractivity contribution in [2.45, 2.75) is 19.3 Å². The van der Waals surface area contributed by atoms with Crippen molar-refractivity contribution in [2.24, 2.45) is 5.73 Å². The van der Waals surface area contributed by atoms with Crippen LogP contribution in [-0.2, 0) is 19.3 Å². The van der Waals surface area contributed by atoms with Crippen LogP contribution in [0.25, 0.3) is 0 Å². The standard InChI is InChI=1S/C16H16F3N3O/c17-16(18,19)13-6-4-11(5-7-13)10-23-14-3-1-2-12(8-14)9-22-15(20)21/h1-8H,9-10H2,(H4,20,21,22). The molecule has 0 amide bonds. The van der Waals surface area contributed by atoms with Crippen molar-refractivity contribution < 1.29 is 17.9 Å². The van der Waals surface area contributed by atoms with Crippen LogP contribution < -0.4 is 15.8 Å². The molecule has 2 rings (SSSR count). The van der Waals surface area contributed by atoms with Gasteiger partial charge < -0.3 is 15.8 Å². The summed E-state index contributed by atoms with van der Waals surface area (Å²) in [7, 11) is 0. The lowest BCUT2D eigenvalue weighted by atomic mass is 10.1. The summed E-state index contributed by atoms with van der Waals surface area (Å²) >= 11 is 0. The third-order valence-electron chi connectivity index (χ3n) is 3.07. The Morgan fingerprint density at radius 2 is 1.78 bits per heavy atom. The SMILES string of the molecule is N=C(N)NCc1cccc(OCc2ccc(C(F)(F)F)cc2)c1. The van der Waals surface area contributed by atoms with Crippen molar-refractivity contribution in [2.75, 3.05) is 0 Å². The van der Waals surface area contributed by atoms with Crippen molar-refractivity contribution in [3.63, 3.8) is 0 Å². The third-order valence-corrected chi connectivity index (χ3v) is 3.07.